The number of carbonyl (C=O) groups is 2. The molecule has 0 unspecified atom stereocenters. The number of hydrogen-bond donors (Lipinski definition) is 1. The predicted octanol–water partition coefficient (Wildman–Crippen LogP) is 6.57. The number of alkyl carbamates (subject to hydrolysis) is 1. The van der Waals surface area contributed by atoms with E-state index in [-0.39, 0.29) is 30.0 Å². The SMILES string of the molecule is CC(C)(C)OC(=O)N[C@H](CC(=O)/C=C/C[C@H](Cc1ccccc1)O[Si](C)(C)C(C)(C)C)[C@H]1COC(C)(C)O1. The first-order chi connectivity index (χ1) is 17.4. The fourth-order valence-electron chi connectivity index (χ4n) is 3.93. The van der Waals surface area contributed by atoms with Gasteiger partial charge in [0.15, 0.2) is 19.9 Å². The Kier molecular flexibility index (Phi) is 10.9. The molecule has 0 radical (unpaired) electrons. The zero-order valence-corrected chi connectivity index (χ0v) is 26.1. The van der Waals surface area contributed by atoms with E-state index in [4.69, 9.17) is 18.6 Å². The van der Waals surface area contributed by atoms with Gasteiger partial charge in [0.1, 0.15) is 11.7 Å². The van der Waals surface area contributed by atoms with Crippen LogP contribution in [0.2, 0.25) is 18.1 Å². The molecule has 214 valence electrons. The van der Waals surface area contributed by atoms with E-state index in [9.17, 15) is 9.59 Å². The second-order valence-electron chi connectivity index (χ2n) is 13.1. The first kappa shape index (κ1) is 32.2. The van der Waals surface area contributed by atoms with Crippen LogP contribution < -0.4 is 5.32 Å². The first-order valence-electron chi connectivity index (χ1n) is 13.6. The Morgan fingerprint density at radius 2 is 1.76 bits per heavy atom. The highest BCUT2D eigenvalue weighted by atomic mass is 28.4. The highest BCUT2D eigenvalue weighted by Crippen LogP contribution is 2.38. The van der Waals surface area contributed by atoms with E-state index in [2.05, 4.69) is 51.3 Å². The van der Waals surface area contributed by atoms with Gasteiger partial charge in [-0.2, -0.15) is 0 Å². The van der Waals surface area contributed by atoms with Crippen molar-refractivity contribution in [3.63, 3.8) is 0 Å². The minimum Gasteiger partial charge on any atom is -0.444 e. The van der Waals surface area contributed by atoms with Crippen LogP contribution >= 0.6 is 0 Å². The second-order valence-corrected chi connectivity index (χ2v) is 17.9. The van der Waals surface area contributed by atoms with Crippen LogP contribution in [0.4, 0.5) is 4.79 Å². The van der Waals surface area contributed by atoms with Crippen LogP contribution in [0.1, 0.15) is 73.8 Å². The quantitative estimate of drug-likeness (QED) is 0.249. The third-order valence-corrected chi connectivity index (χ3v) is 11.4. The molecule has 0 spiro atoms. The summed E-state index contributed by atoms with van der Waals surface area (Å²) in [5.41, 5.74) is 0.557. The fourth-order valence-corrected chi connectivity index (χ4v) is 5.29. The second kappa shape index (κ2) is 12.9. The van der Waals surface area contributed by atoms with Gasteiger partial charge in [-0.25, -0.2) is 4.79 Å². The van der Waals surface area contributed by atoms with E-state index in [1.807, 2.05) is 38.1 Å². The molecule has 8 heteroatoms. The molecule has 1 aromatic carbocycles. The highest BCUT2D eigenvalue weighted by molar-refractivity contribution is 6.74. The Labute approximate surface area is 230 Å². The monoisotopic (exact) mass is 547 g/mol. The molecular weight excluding hydrogens is 498 g/mol. The Balaban J connectivity index is 2.10. The summed E-state index contributed by atoms with van der Waals surface area (Å²) in [6, 6.07) is 9.71. The summed E-state index contributed by atoms with van der Waals surface area (Å²) in [5, 5.41) is 2.91. The minimum atomic E-state index is -2.01. The van der Waals surface area contributed by atoms with E-state index < -0.39 is 37.9 Å². The lowest BCUT2D eigenvalue weighted by Gasteiger charge is -2.39. The highest BCUT2D eigenvalue weighted by Gasteiger charge is 2.40. The molecule has 3 atom stereocenters. The van der Waals surface area contributed by atoms with Gasteiger partial charge in [0, 0.05) is 6.42 Å². The smallest absolute Gasteiger partial charge is 0.407 e. The number of nitrogens with one attached hydrogen (secondary N) is 1. The minimum absolute atomic E-state index is 0.0367. The van der Waals surface area contributed by atoms with Gasteiger partial charge in [0.2, 0.25) is 0 Å². The van der Waals surface area contributed by atoms with Crippen LogP contribution in [0.5, 0.6) is 0 Å². The van der Waals surface area contributed by atoms with E-state index in [0.717, 1.165) is 6.42 Å². The Bertz CT molecular complexity index is 946. The first-order valence-corrected chi connectivity index (χ1v) is 16.5. The summed E-state index contributed by atoms with van der Waals surface area (Å²) in [7, 11) is -2.01. The largest absolute Gasteiger partial charge is 0.444 e. The fraction of sp³-hybridized carbons (Fsp3) is 0.667. The molecule has 38 heavy (non-hydrogen) atoms. The molecule has 0 aromatic heterocycles. The van der Waals surface area contributed by atoms with Crippen molar-refractivity contribution < 1.29 is 28.2 Å². The van der Waals surface area contributed by atoms with Gasteiger partial charge in [-0.1, -0.05) is 57.2 Å². The maximum absolute atomic E-state index is 13.0. The predicted molar refractivity (Wildman–Crippen MR) is 154 cm³/mol. The number of amides is 1. The average molecular weight is 548 g/mol. The number of hydrogen-bond acceptors (Lipinski definition) is 6. The number of ether oxygens (including phenoxy) is 3. The molecule has 1 fully saturated rings. The molecule has 0 bridgehead atoms. The summed E-state index contributed by atoms with van der Waals surface area (Å²) < 4.78 is 23.8. The van der Waals surface area contributed by atoms with Crippen LogP contribution in [-0.2, 0) is 29.9 Å². The van der Waals surface area contributed by atoms with Crippen LogP contribution in [0.15, 0.2) is 42.5 Å². The van der Waals surface area contributed by atoms with Crippen molar-refractivity contribution in [2.45, 2.75) is 122 Å². The van der Waals surface area contributed by atoms with Crippen molar-refractivity contribution >= 4 is 20.2 Å². The molecule has 1 saturated heterocycles. The van der Waals surface area contributed by atoms with Crippen molar-refractivity contribution in [1.82, 2.24) is 5.32 Å². The maximum Gasteiger partial charge on any atom is 0.407 e. The lowest BCUT2D eigenvalue weighted by atomic mass is 10.0. The zero-order valence-electron chi connectivity index (χ0n) is 25.1. The van der Waals surface area contributed by atoms with Gasteiger partial charge in [-0.15, -0.1) is 0 Å². The molecule has 7 nitrogen and oxygen atoms in total. The van der Waals surface area contributed by atoms with Crippen molar-refractivity contribution in [2.24, 2.45) is 0 Å². The molecule has 0 saturated carbocycles. The molecule has 1 amide bonds. The molecule has 1 aromatic rings. The van der Waals surface area contributed by atoms with Gasteiger partial charge < -0.3 is 24.0 Å². The third kappa shape index (κ3) is 11.0. The normalized spacial score (nSPS) is 19.8. The van der Waals surface area contributed by atoms with Crippen molar-refractivity contribution in [1.29, 1.82) is 0 Å². The Morgan fingerprint density at radius 1 is 1.13 bits per heavy atom. The molecular formula is C30H49NO6Si. The maximum atomic E-state index is 13.0. The van der Waals surface area contributed by atoms with Crippen molar-refractivity contribution in [3.05, 3.63) is 48.0 Å². The van der Waals surface area contributed by atoms with E-state index in [1.165, 1.54) is 5.56 Å². The standard InChI is InChI=1S/C30H49NO6Si/c1-28(2,3)36-27(33)31-25(26-21-34-30(7,8)35-26)20-23(32)17-14-18-24(19-22-15-12-11-13-16-22)37-38(9,10)29(4,5)6/h11-17,24-26H,18-21H2,1-10H3,(H,31,33)/b17-14+/t24-,25-,26-/m1/s1. The van der Waals surface area contributed by atoms with Crippen molar-refractivity contribution in [2.75, 3.05) is 6.61 Å². The van der Waals surface area contributed by atoms with Crippen LogP contribution in [0.25, 0.3) is 0 Å². The summed E-state index contributed by atoms with van der Waals surface area (Å²) >= 11 is 0. The topological polar surface area (TPSA) is 83.1 Å². The van der Waals surface area contributed by atoms with E-state index in [1.54, 1.807) is 26.8 Å². The van der Waals surface area contributed by atoms with Crippen LogP contribution in [0, 0.1) is 0 Å². The van der Waals surface area contributed by atoms with Gasteiger partial charge in [0.05, 0.1) is 18.8 Å². The Morgan fingerprint density at radius 3 is 2.29 bits per heavy atom. The number of ketones is 1. The number of carbonyl (C=O) groups excluding carboxylic acids is 2. The average Bonchev–Trinajstić information content (AvgIpc) is 3.11. The molecule has 1 N–H and O–H groups in total. The summed E-state index contributed by atoms with van der Waals surface area (Å²) in [6.07, 6.45) is 3.88. The van der Waals surface area contributed by atoms with Gasteiger partial charge >= 0.3 is 6.09 Å². The number of benzene rings is 1. The summed E-state index contributed by atoms with van der Waals surface area (Å²) in [5.74, 6) is -0.881. The lowest BCUT2D eigenvalue weighted by molar-refractivity contribution is -0.143. The van der Waals surface area contributed by atoms with Crippen LogP contribution in [0.3, 0.4) is 0 Å². The zero-order chi connectivity index (χ0) is 28.8. The van der Waals surface area contributed by atoms with Gasteiger partial charge in [0.25, 0.3) is 0 Å². The summed E-state index contributed by atoms with van der Waals surface area (Å²) in [6.45, 7) is 20.5. The van der Waals surface area contributed by atoms with Crippen LogP contribution in [-0.4, -0.2) is 56.4 Å². The number of allylic oxidation sites excluding steroid dienone is 1. The van der Waals surface area contributed by atoms with E-state index >= 15 is 0 Å². The lowest BCUT2D eigenvalue weighted by Crippen LogP contribution is -2.47. The molecule has 0 aliphatic carbocycles. The Hall–Kier alpha value is -2.00. The summed E-state index contributed by atoms with van der Waals surface area (Å²) in [4.78, 5) is 25.5. The molecule has 1 heterocycles. The van der Waals surface area contributed by atoms with Gasteiger partial charge in [-0.3, -0.25) is 4.79 Å². The number of rotatable bonds is 11. The third-order valence-electron chi connectivity index (χ3n) is 6.88. The molecule has 2 rings (SSSR count). The van der Waals surface area contributed by atoms with Gasteiger partial charge in [-0.05, 0) is 77.2 Å². The van der Waals surface area contributed by atoms with Crippen molar-refractivity contribution in [3.8, 4) is 0 Å². The molecule has 1 aliphatic heterocycles. The molecule has 1 aliphatic rings. The van der Waals surface area contributed by atoms with E-state index in [0.29, 0.717) is 6.42 Å².